The van der Waals surface area contributed by atoms with Gasteiger partial charge in [-0.1, -0.05) is 20.8 Å². The quantitative estimate of drug-likeness (QED) is 0.295. The Bertz CT molecular complexity index is 1230. The average Bonchev–Trinajstić information content (AvgIpc) is 3.45. The molecule has 282 valence electrons. The molecule has 0 aliphatic carbocycles. The van der Waals surface area contributed by atoms with E-state index in [1.54, 1.807) is 21.0 Å². The highest BCUT2D eigenvalue weighted by Gasteiger charge is 2.65. The normalized spacial score (nSPS) is 52.4. The highest BCUT2D eigenvalue weighted by molar-refractivity contribution is 5.73. The topological polar surface area (TPSA) is 135 Å². The number of carbonyl (C=O) groups excluding carboxylic acids is 1. The number of nitrogens with zero attached hydrogens (tertiary/aromatic N) is 1. The number of hydrogen-bond donors (Lipinski definition) is 2. The van der Waals surface area contributed by atoms with E-state index in [-0.39, 0.29) is 24.5 Å². The molecule has 17 atom stereocenters. The molecule has 0 unspecified atom stereocenters. The summed E-state index contributed by atoms with van der Waals surface area (Å²) in [5.74, 6) is -2.88. The molecule has 0 aromatic carbocycles. The minimum atomic E-state index is -1.07. The highest BCUT2D eigenvalue weighted by atomic mass is 16.8. The summed E-state index contributed by atoms with van der Waals surface area (Å²) in [6.07, 6.45) is -2.44. The molecule has 3 bridgehead atoms. The van der Waals surface area contributed by atoms with Crippen LogP contribution in [0.3, 0.4) is 0 Å². The van der Waals surface area contributed by atoms with E-state index in [9.17, 15) is 15.0 Å². The van der Waals surface area contributed by atoms with Gasteiger partial charge < -0.3 is 53.0 Å². The number of aliphatic hydroxyl groups excluding tert-OH is 2. The first-order chi connectivity index (χ1) is 22.7. The lowest BCUT2D eigenvalue weighted by Gasteiger charge is -2.49. The van der Waals surface area contributed by atoms with Crippen LogP contribution in [0.25, 0.3) is 0 Å². The van der Waals surface area contributed by atoms with E-state index in [4.69, 9.17) is 37.9 Å². The van der Waals surface area contributed by atoms with Gasteiger partial charge in [0.05, 0.1) is 41.5 Å². The Morgan fingerprint density at radius 1 is 1.00 bits per heavy atom. The number of rotatable bonds is 7. The van der Waals surface area contributed by atoms with Crippen LogP contribution in [0.4, 0.5) is 0 Å². The van der Waals surface area contributed by atoms with Gasteiger partial charge in [0, 0.05) is 31.4 Å². The molecule has 0 amide bonds. The first-order valence-corrected chi connectivity index (χ1v) is 18.2. The molecule has 0 saturated carbocycles. The summed E-state index contributed by atoms with van der Waals surface area (Å²) in [5.41, 5.74) is -1.90. The summed E-state index contributed by atoms with van der Waals surface area (Å²) in [7, 11) is 5.44. The van der Waals surface area contributed by atoms with E-state index in [0.29, 0.717) is 19.3 Å². The van der Waals surface area contributed by atoms with Crippen LogP contribution in [-0.2, 0) is 42.7 Å². The summed E-state index contributed by atoms with van der Waals surface area (Å²) in [4.78, 5) is 16.2. The maximum Gasteiger partial charge on any atom is 0.311 e. The number of methoxy groups -OCH3 is 1. The van der Waals surface area contributed by atoms with Gasteiger partial charge in [0.15, 0.2) is 18.4 Å². The maximum absolute atomic E-state index is 14.2. The Morgan fingerprint density at radius 2 is 1.67 bits per heavy atom. The van der Waals surface area contributed by atoms with Gasteiger partial charge in [0.25, 0.3) is 0 Å². The standard InChI is InChI=1S/C37H63NO11/c1-14-26-34(8)16-19(2)37(48-34)20(3)17-36(10,49-37)31(47-33-28(39)25(38(11)12)15-21(4)43-33)22(5)29(23(6)32(41)45-26)46-27-18-35(9,42-13)30(40)24(7)44-27/h16,20-31,33,39-40H,14-15,17-18H2,1-13H3/t20-,21-,22+,23-,24+,25+,26-,27+,28-,29+,30+,31-,33+,34-,35-,36+,37-/m1/s1. The second-order valence-electron chi connectivity index (χ2n) is 16.4. The Labute approximate surface area is 293 Å². The first kappa shape index (κ1) is 39.0. The lowest BCUT2D eigenvalue weighted by molar-refractivity contribution is -0.337. The van der Waals surface area contributed by atoms with Crippen LogP contribution >= 0.6 is 0 Å². The van der Waals surface area contributed by atoms with Crippen LogP contribution in [0.15, 0.2) is 11.6 Å². The third-order valence-corrected chi connectivity index (χ3v) is 12.2. The number of likely N-dealkylation sites (N-methyl/N-ethyl adjacent to an activating group) is 1. The fourth-order valence-electron chi connectivity index (χ4n) is 9.37. The monoisotopic (exact) mass is 697 g/mol. The van der Waals surface area contributed by atoms with E-state index in [2.05, 4.69) is 6.92 Å². The number of esters is 1. The van der Waals surface area contributed by atoms with Crippen LogP contribution in [-0.4, -0.2) is 126 Å². The van der Waals surface area contributed by atoms with E-state index < -0.39 is 89.6 Å². The molecule has 12 nitrogen and oxygen atoms in total. The summed E-state index contributed by atoms with van der Waals surface area (Å²) in [6, 6.07) is -0.191. The van der Waals surface area contributed by atoms with Crippen molar-refractivity contribution in [2.45, 2.75) is 179 Å². The molecular formula is C37H63NO11. The zero-order valence-electron chi connectivity index (χ0n) is 31.9. The number of cyclic esters (lactones) is 1. The Balaban J connectivity index is 1.60. The lowest BCUT2D eigenvalue weighted by atomic mass is 9.78. The molecule has 4 fully saturated rings. The van der Waals surface area contributed by atoms with Gasteiger partial charge >= 0.3 is 5.97 Å². The second-order valence-corrected chi connectivity index (χ2v) is 16.4. The third kappa shape index (κ3) is 6.89. The highest BCUT2D eigenvalue weighted by Crippen LogP contribution is 2.56. The van der Waals surface area contributed by atoms with Gasteiger partial charge in [-0.15, -0.1) is 0 Å². The molecule has 1 spiro atoms. The maximum atomic E-state index is 14.2. The molecule has 5 heterocycles. The largest absolute Gasteiger partial charge is 0.459 e. The molecule has 2 N–H and O–H groups in total. The number of fused-ring (bicyclic) bond motifs is 2. The smallest absolute Gasteiger partial charge is 0.311 e. The molecule has 5 rings (SSSR count). The predicted octanol–water partition coefficient (Wildman–Crippen LogP) is 3.94. The van der Waals surface area contributed by atoms with Crippen molar-refractivity contribution in [1.29, 1.82) is 0 Å². The zero-order chi connectivity index (χ0) is 36.4. The van der Waals surface area contributed by atoms with E-state index in [1.165, 1.54) is 0 Å². The van der Waals surface area contributed by atoms with E-state index in [0.717, 1.165) is 5.57 Å². The molecular weight excluding hydrogens is 634 g/mol. The van der Waals surface area contributed by atoms with Gasteiger partial charge in [0.1, 0.15) is 23.9 Å². The van der Waals surface area contributed by atoms with Gasteiger partial charge in [0.2, 0.25) is 0 Å². The van der Waals surface area contributed by atoms with Crippen molar-refractivity contribution >= 4 is 5.97 Å². The Kier molecular flexibility index (Phi) is 11.1. The number of carbonyl (C=O) groups is 1. The van der Waals surface area contributed by atoms with Crippen LogP contribution in [0.1, 0.15) is 94.9 Å². The van der Waals surface area contributed by atoms with Gasteiger partial charge in [-0.05, 0) is 93.5 Å². The fraction of sp³-hybridized carbons (Fsp3) is 0.919. The van der Waals surface area contributed by atoms with Gasteiger partial charge in [-0.3, -0.25) is 4.79 Å². The number of ether oxygens (including phenoxy) is 8. The first-order valence-electron chi connectivity index (χ1n) is 18.2. The van der Waals surface area contributed by atoms with Gasteiger partial charge in [-0.25, -0.2) is 0 Å². The van der Waals surface area contributed by atoms with E-state index >= 15 is 0 Å². The average molecular weight is 698 g/mol. The van der Waals surface area contributed by atoms with Crippen LogP contribution < -0.4 is 0 Å². The van der Waals surface area contributed by atoms with Crippen molar-refractivity contribution in [1.82, 2.24) is 4.90 Å². The summed E-state index contributed by atoms with van der Waals surface area (Å²) in [6.45, 7) is 19.4. The molecule has 0 radical (unpaired) electrons. The van der Waals surface area contributed by atoms with Crippen molar-refractivity contribution in [2.75, 3.05) is 21.2 Å². The lowest BCUT2D eigenvalue weighted by Crippen LogP contribution is -2.61. The van der Waals surface area contributed by atoms with Crippen molar-refractivity contribution in [3.8, 4) is 0 Å². The summed E-state index contributed by atoms with van der Waals surface area (Å²) >= 11 is 0. The second kappa shape index (κ2) is 14.0. The van der Waals surface area contributed by atoms with Crippen LogP contribution in [0, 0.1) is 17.8 Å². The van der Waals surface area contributed by atoms with E-state index in [1.807, 2.05) is 73.5 Å². The Morgan fingerprint density at radius 3 is 2.29 bits per heavy atom. The molecule has 49 heavy (non-hydrogen) atoms. The molecule has 12 heteroatoms. The molecule has 5 aliphatic heterocycles. The van der Waals surface area contributed by atoms with Crippen LogP contribution in [0.5, 0.6) is 0 Å². The zero-order valence-corrected chi connectivity index (χ0v) is 31.9. The SMILES string of the molecule is CC[C@H]1OC(=O)[C@H](C)[C@@H](O[C@H]2C[C@@](C)(OC)[C@@H](O)[C@H](C)O2)[C@H](C)[C@@H](O[C@@H]2O[C@H](C)C[C@H](N(C)C)[C@H]2O)[C@]2(C)C[C@@H](C)[C@]3(O[C@]1(C)C=C3C)O2. The van der Waals surface area contributed by atoms with Crippen molar-refractivity contribution < 1.29 is 52.9 Å². The molecule has 5 aliphatic rings. The number of hydrogen-bond acceptors (Lipinski definition) is 12. The fourth-order valence-corrected chi connectivity index (χ4v) is 9.37. The summed E-state index contributed by atoms with van der Waals surface area (Å²) in [5, 5.41) is 22.5. The van der Waals surface area contributed by atoms with Crippen molar-refractivity contribution in [3.63, 3.8) is 0 Å². The molecule has 0 aromatic heterocycles. The third-order valence-electron chi connectivity index (χ3n) is 12.2. The molecule has 4 saturated heterocycles. The summed E-state index contributed by atoms with van der Waals surface area (Å²) < 4.78 is 52.5. The van der Waals surface area contributed by atoms with Crippen molar-refractivity contribution in [2.24, 2.45) is 17.8 Å². The predicted molar refractivity (Wildman–Crippen MR) is 180 cm³/mol. The molecule has 0 aromatic rings. The minimum Gasteiger partial charge on any atom is -0.459 e. The number of aliphatic hydroxyl groups is 2. The van der Waals surface area contributed by atoms with Crippen LogP contribution in [0.2, 0.25) is 0 Å². The minimum absolute atomic E-state index is 0.0864. The van der Waals surface area contributed by atoms with Crippen molar-refractivity contribution in [3.05, 3.63) is 11.6 Å². The Hall–Kier alpha value is -1.19. The van der Waals surface area contributed by atoms with Gasteiger partial charge in [-0.2, -0.15) is 0 Å².